The highest BCUT2D eigenvalue weighted by Gasteiger charge is 2.14. The fraction of sp³-hybridized carbons (Fsp3) is 0.150. The summed E-state index contributed by atoms with van der Waals surface area (Å²) < 4.78 is 11.2. The number of halogens is 1. The van der Waals surface area contributed by atoms with Gasteiger partial charge in [-0.15, -0.1) is 0 Å². The molecule has 1 heterocycles. The van der Waals surface area contributed by atoms with Crippen molar-refractivity contribution in [1.29, 1.82) is 0 Å². The van der Waals surface area contributed by atoms with Crippen LogP contribution in [0, 0.1) is 13.8 Å². The highest BCUT2D eigenvalue weighted by molar-refractivity contribution is 6.30. The molecule has 25 heavy (non-hydrogen) atoms. The number of ether oxygens (including phenoxy) is 1. The van der Waals surface area contributed by atoms with Gasteiger partial charge in [-0.1, -0.05) is 29.8 Å². The van der Waals surface area contributed by atoms with Crippen LogP contribution in [0.15, 0.2) is 59.0 Å². The maximum atomic E-state index is 12.4. The summed E-state index contributed by atoms with van der Waals surface area (Å²) >= 11 is 5.84. The van der Waals surface area contributed by atoms with Crippen LogP contribution >= 0.6 is 11.6 Å². The predicted octanol–water partition coefficient (Wildman–Crippen LogP) is 5.38. The number of hydrogen-bond donors (Lipinski definition) is 1. The van der Waals surface area contributed by atoms with Crippen LogP contribution in [-0.4, -0.2) is 5.91 Å². The summed E-state index contributed by atoms with van der Waals surface area (Å²) in [5.41, 5.74) is 2.82. The van der Waals surface area contributed by atoms with E-state index in [0.29, 0.717) is 16.5 Å². The van der Waals surface area contributed by atoms with Crippen LogP contribution in [0.2, 0.25) is 5.02 Å². The van der Waals surface area contributed by atoms with Crippen molar-refractivity contribution in [2.45, 2.75) is 20.5 Å². The van der Waals surface area contributed by atoms with Gasteiger partial charge in [-0.05, 0) is 61.4 Å². The minimum Gasteiger partial charge on any atom is -0.486 e. The standard InChI is InChI=1S/C20H18ClNO3/c1-13-4-3-5-14(2)19(13)22-20(23)18-11-10-17(25-18)12-24-16-8-6-15(21)7-9-16/h3-11H,12H2,1-2H3,(H,22,23). The summed E-state index contributed by atoms with van der Waals surface area (Å²) in [6, 6.07) is 16.3. The number of carbonyl (C=O) groups excluding carboxylic acids is 1. The molecule has 0 unspecified atom stereocenters. The van der Waals surface area contributed by atoms with Gasteiger partial charge in [-0.25, -0.2) is 0 Å². The minimum absolute atomic E-state index is 0.234. The van der Waals surface area contributed by atoms with Gasteiger partial charge in [-0.2, -0.15) is 0 Å². The number of furan rings is 1. The Kier molecular flexibility index (Phi) is 5.10. The molecule has 2 aromatic carbocycles. The van der Waals surface area contributed by atoms with E-state index in [9.17, 15) is 4.79 Å². The molecular weight excluding hydrogens is 338 g/mol. The zero-order valence-electron chi connectivity index (χ0n) is 14.0. The van der Waals surface area contributed by atoms with E-state index in [0.717, 1.165) is 16.8 Å². The van der Waals surface area contributed by atoms with E-state index < -0.39 is 0 Å². The first-order chi connectivity index (χ1) is 12.0. The van der Waals surface area contributed by atoms with Crippen LogP contribution in [-0.2, 0) is 6.61 Å². The molecule has 0 aliphatic carbocycles. The lowest BCUT2D eigenvalue weighted by Crippen LogP contribution is -2.13. The Morgan fingerprint density at radius 3 is 2.40 bits per heavy atom. The highest BCUT2D eigenvalue weighted by Crippen LogP contribution is 2.21. The number of benzene rings is 2. The van der Waals surface area contributed by atoms with Gasteiger partial charge in [-0.3, -0.25) is 4.79 Å². The van der Waals surface area contributed by atoms with Crippen molar-refractivity contribution in [3.05, 3.63) is 82.3 Å². The SMILES string of the molecule is Cc1cccc(C)c1NC(=O)c1ccc(COc2ccc(Cl)cc2)o1. The zero-order chi connectivity index (χ0) is 17.8. The van der Waals surface area contributed by atoms with Crippen molar-refractivity contribution in [2.24, 2.45) is 0 Å². The molecule has 1 amide bonds. The van der Waals surface area contributed by atoms with Crippen LogP contribution < -0.4 is 10.1 Å². The first-order valence-corrected chi connectivity index (χ1v) is 8.25. The smallest absolute Gasteiger partial charge is 0.291 e. The Hall–Kier alpha value is -2.72. The molecule has 0 fully saturated rings. The van der Waals surface area contributed by atoms with E-state index in [4.69, 9.17) is 20.8 Å². The largest absolute Gasteiger partial charge is 0.486 e. The molecular formula is C20H18ClNO3. The second kappa shape index (κ2) is 7.45. The number of aryl methyl sites for hydroxylation is 2. The molecule has 1 N–H and O–H groups in total. The topological polar surface area (TPSA) is 51.5 Å². The highest BCUT2D eigenvalue weighted by atomic mass is 35.5. The maximum absolute atomic E-state index is 12.4. The summed E-state index contributed by atoms with van der Waals surface area (Å²) in [5, 5.41) is 3.55. The van der Waals surface area contributed by atoms with Crippen LogP contribution in [0.5, 0.6) is 5.75 Å². The number of nitrogens with one attached hydrogen (secondary N) is 1. The lowest BCUT2D eigenvalue weighted by atomic mass is 10.1. The van der Waals surface area contributed by atoms with Gasteiger partial charge in [0.2, 0.25) is 0 Å². The fourth-order valence-electron chi connectivity index (χ4n) is 2.45. The molecule has 1 aromatic heterocycles. The Labute approximate surface area is 151 Å². The number of carbonyl (C=O) groups is 1. The normalized spacial score (nSPS) is 10.5. The van der Waals surface area contributed by atoms with E-state index in [1.165, 1.54) is 0 Å². The summed E-state index contributed by atoms with van der Waals surface area (Å²) in [4.78, 5) is 12.4. The van der Waals surface area contributed by atoms with E-state index >= 15 is 0 Å². The second-order valence-electron chi connectivity index (χ2n) is 5.73. The fourth-order valence-corrected chi connectivity index (χ4v) is 2.58. The average Bonchev–Trinajstić information content (AvgIpc) is 3.07. The molecule has 3 rings (SSSR count). The van der Waals surface area contributed by atoms with E-state index in [1.54, 1.807) is 36.4 Å². The molecule has 4 nitrogen and oxygen atoms in total. The van der Waals surface area contributed by atoms with Gasteiger partial charge in [0.05, 0.1) is 0 Å². The molecule has 3 aromatic rings. The number of amides is 1. The third kappa shape index (κ3) is 4.22. The first kappa shape index (κ1) is 17.1. The molecule has 0 saturated heterocycles. The van der Waals surface area contributed by atoms with Crippen LogP contribution in [0.1, 0.15) is 27.4 Å². The molecule has 5 heteroatoms. The van der Waals surface area contributed by atoms with Crippen molar-refractivity contribution < 1.29 is 13.9 Å². The van der Waals surface area contributed by atoms with Gasteiger partial charge >= 0.3 is 0 Å². The Bertz CT molecular complexity index is 864. The summed E-state index contributed by atoms with van der Waals surface area (Å²) in [7, 11) is 0. The molecule has 0 saturated carbocycles. The van der Waals surface area contributed by atoms with Crippen molar-refractivity contribution in [3.63, 3.8) is 0 Å². The predicted molar refractivity (Wildman–Crippen MR) is 98.4 cm³/mol. The quantitative estimate of drug-likeness (QED) is 0.668. The molecule has 0 spiro atoms. The molecule has 128 valence electrons. The molecule has 0 aliphatic rings. The number of anilines is 1. The second-order valence-corrected chi connectivity index (χ2v) is 6.17. The van der Waals surface area contributed by atoms with E-state index in [2.05, 4.69) is 5.32 Å². The van der Waals surface area contributed by atoms with Gasteiger partial charge in [0.25, 0.3) is 5.91 Å². The summed E-state index contributed by atoms with van der Waals surface area (Å²) in [6.45, 7) is 4.14. The maximum Gasteiger partial charge on any atom is 0.291 e. The Morgan fingerprint density at radius 2 is 1.72 bits per heavy atom. The van der Waals surface area contributed by atoms with Crippen molar-refractivity contribution in [2.75, 3.05) is 5.32 Å². The van der Waals surface area contributed by atoms with E-state index in [1.807, 2.05) is 32.0 Å². The molecule has 0 radical (unpaired) electrons. The van der Waals surface area contributed by atoms with Gasteiger partial charge in [0.15, 0.2) is 5.76 Å². The van der Waals surface area contributed by atoms with Gasteiger partial charge in [0, 0.05) is 10.7 Å². The third-order valence-corrected chi connectivity index (χ3v) is 4.05. The molecule has 0 atom stereocenters. The zero-order valence-corrected chi connectivity index (χ0v) is 14.8. The summed E-state index contributed by atoms with van der Waals surface area (Å²) in [6.07, 6.45) is 0. The lowest BCUT2D eigenvalue weighted by molar-refractivity contribution is 0.0992. The van der Waals surface area contributed by atoms with Crippen molar-refractivity contribution in [1.82, 2.24) is 0 Å². The third-order valence-electron chi connectivity index (χ3n) is 3.80. The van der Waals surface area contributed by atoms with Crippen LogP contribution in [0.3, 0.4) is 0 Å². The number of hydrogen-bond acceptors (Lipinski definition) is 3. The van der Waals surface area contributed by atoms with Crippen molar-refractivity contribution in [3.8, 4) is 5.75 Å². The monoisotopic (exact) mass is 355 g/mol. The average molecular weight is 356 g/mol. The van der Waals surface area contributed by atoms with Gasteiger partial charge < -0.3 is 14.5 Å². The van der Waals surface area contributed by atoms with E-state index in [-0.39, 0.29) is 18.3 Å². The van der Waals surface area contributed by atoms with Crippen molar-refractivity contribution >= 4 is 23.2 Å². The Balaban J connectivity index is 1.64. The molecule has 0 bridgehead atoms. The first-order valence-electron chi connectivity index (χ1n) is 7.87. The Morgan fingerprint density at radius 1 is 1.04 bits per heavy atom. The minimum atomic E-state index is -0.282. The lowest BCUT2D eigenvalue weighted by Gasteiger charge is -2.10. The number of rotatable bonds is 5. The molecule has 0 aliphatic heterocycles. The number of para-hydroxylation sites is 1. The van der Waals surface area contributed by atoms with Gasteiger partial charge in [0.1, 0.15) is 18.1 Å². The summed E-state index contributed by atoms with van der Waals surface area (Å²) in [5.74, 6) is 1.22. The van der Waals surface area contributed by atoms with Crippen LogP contribution in [0.4, 0.5) is 5.69 Å². The van der Waals surface area contributed by atoms with Crippen LogP contribution in [0.25, 0.3) is 0 Å².